The van der Waals surface area contributed by atoms with Gasteiger partial charge in [-0.1, -0.05) is 12.1 Å². The van der Waals surface area contributed by atoms with Crippen molar-refractivity contribution >= 4 is 45.7 Å². The van der Waals surface area contributed by atoms with Crippen LogP contribution in [0.25, 0.3) is 17.0 Å². The molecule has 2 aliphatic heterocycles. The first-order valence-corrected chi connectivity index (χ1v) is 14.5. The molecule has 0 bridgehead atoms. The Morgan fingerprint density at radius 3 is 2.50 bits per heavy atom. The van der Waals surface area contributed by atoms with Crippen LogP contribution in [0.5, 0.6) is 0 Å². The van der Waals surface area contributed by atoms with Gasteiger partial charge < -0.3 is 14.9 Å². The van der Waals surface area contributed by atoms with Crippen molar-refractivity contribution in [1.82, 2.24) is 19.6 Å². The van der Waals surface area contributed by atoms with Crippen molar-refractivity contribution in [2.75, 3.05) is 26.2 Å². The molecule has 3 aliphatic rings. The summed E-state index contributed by atoms with van der Waals surface area (Å²) in [5.41, 5.74) is -2.06. The summed E-state index contributed by atoms with van der Waals surface area (Å²) in [5, 5.41) is 15.1. The van der Waals surface area contributed by atoms with E-state index in [4.69, 9.17) is 0 Å². The fourth-order valence-electron chi connectivity index (χ4n) is 5.36. The maximum Gasteiger partial charge on any atom is 0.416 e. The number of thioether (sulfide) groups is 1. The van der Waals surface area contributed by atoms with Gasteiger partial charge in [-0.2, -0.15) is 36.4 Å². The molecule has 1 aromatic heterocycles. The summed E-state index contributed by atoms with van der Waals surface area (Å²) in [6.07, 6.45) is -5.11. The Hall–Kier alpha value is -3.85. The first kappa shape index (κ1) is 30.2. The predicted octanol–water partition coefficient (Wildman–Crippen LogP) is 5.01. The van der Waals surface area contributed by atoms with E-state index in [1.807, 2.05) is 4.90 Å². The molecular weight excluding hydrogens is 612 g/mol. The second-order valence-electron chi connectivity index (χ2n) is 10.9. The van der Waals surface area contributed by atoms with Crippen LogP contribution < -0.4 is 0 Å². The molecule has 44 heavy (non-hydrogen) atoms. The van der Waals surface area contributed by atoms with E-state index in [0.717, 1.165) is 18.9 Å². The zero-order chi connectivity index (χ0) is 31.4. The van der Waals surface area contributed by atoms with Crippen LogP contribution in [0.15, 0.2) is 52.5 Å². The number of amides is 2. The molecule has 1 N–H and O–H groups in total. The quantitative estimate of drug-likeness (QED) is 0.313. The fraction of sp³-hybridized carbons (Fsp3) is 0.379. The van der Waals surface area contributed by atoms with Gasteiger partial charge in [0.1, 0.15) is 0 Å². The van der Waals surface area contributed by atoms with Crippen molar-refractivity contribution in [3.05, 3.63) is 69.8 Å². The van der Waals surface area contributed by atoms with Crippen molar-refractivity contribution < 1.29 is 41.0 Å². The topological polar surface area (TPSA) is 91.0 Å². The zero-order valence-electron chi connectivity index (χ0n) is 22.9. The third-order valence-electron chi connectivity index (χ3n) is 7.81. The van der Waals surface area contributed by atoms with Crippen LogP contribution >= 0.6 is 11.8 Å². The highest BCUT2D eigenvalue weighted by atomic mass is 32.2. The minimum Gasteiger partial charge on any atom is -0.394 e. The van der Waals surface area contributed by atoms with Gasteiger partial charge in [-0.05, 0) is 66.1 Å². The van der Waals surface area contributed by atoms with Gasteiger partial charge in [-0.3, -0.25) is 14.3 Å². The number of piperazine rings is 1. The number of aliphatic imine (C=N–C) groups is 1. The molecule has 0 radical (unpaired) electrons. The number of carbonyl (C=O) groups excluding carboxylic acids is 2. The number of carbonyl (C=O) groups is 2. The first-order valence-electron chi connectivity index (χ1n) is 13.7. The van der Waals surface area contributed by atoms with Gasteiger partial charge in [-0.15, -0.1) is 0 Å². The number of aliphatic hydroxyl groups excluding tert-OH is 1. The summed E-state index contributed by atoms with van der Waals surface area (Å²) >= 11 is 1.17. The van der Waals surface area contributed by atoms with Crippen molar-refractivity contribution in [2.24, 2.45) is 10.9 Å². The Kier molecular flexibility index (Phi) is 7.72. The van der Waals surface area contributed by atoms with E-state index in [9.17, 15) is 41.0 Å². The molecule has 15 heteroatoms. The summed E-state index contributed by atoms with van der Waals surface area (Å²) in [6.45, 7) is 0.637. The Labute approximate surface area is 251 Å². The molecule has 2 amide bonds. The molecule has 6 rings (SSSR count). The van der Waals surface area contributed by atoms with E-state index in [0.29, 0.717) is 52.2 Å². The van der Waals surface area contributed by atoms with Crippen LogP contribution in [0.1, 0.15) is 35.1 Å². The van der Waals surface area contributed by atoms with Gasteiger partial charge in [-0.25, -0.2) is 0 Å². The van der Waals surface area contributed by atoms with Gasteiger partial charge >= 0.3 is 12.4 Å². The maximum absolute atomic E-state index is 13.6. The first-order chi connectivity index (χ1) is 20.8. The predicted molar refractivity (Wildman–Crippen MR) is 150 cm³/mol. The van der Waals surface area contributed by atoms with Gasteiger partial charge in [0.25, 0.3) is 5.91 Å². The zero-order valence-corrected chi connectivity index (χ0v) is 23.7. The number of hydrogen-bond acceptors (Lipinski definition) is 6. The number of benzene rings is 2. The molecule has 2 fully saturated rings. The summed E-state index contributed by atoms with van der Waals surface area (Å²) in [6, 6.07) is 6.10. The van der Waals surface area contributed by atoms with Gasteiger partial charge in [0.15, 0.2) is 5.17 Å². The normalized spacial score (nSPS) is 20.6. The molecule has 1 unspecified atom stereocenters. The van der Waals surface area contributed by atoms with E-state index < -0.39 is 42.0 Å². The highest BCUT2D eigenvalue weighted by Gasteiger charge is 2.40. The number of alkyl halides is 6. The minimum absolute atomic E-state index is 0.0385. The molecule has 0 spiro atoms. The van der Waals surface area contributed by atoms with Crippen LogP contribution in [-0.2, 0) is 28.5 Å². The fourth-order valence-corrected chi connectivity index (χ4v) is 6.31. The van der Waals surface area contributed by atoms with Crippen LogP contribution in [0.4, 0.5) is 26.3 Å². The lowest BCUT2D eigenvalue weighted by atomic mass is 10.0. The molecule has 2 aromatic carbocycles. The van der Waals surface area contributed by atoms with E-state index >= 15 is 0 Å². The standard InChI is InChI=1S/C29H25F6N5O3S/c30-28(31,32)20-5-4-18(22(11-20)29(33,34)35)13-40-23-6-1-16(9-19(23)12-36-40)10-24-25(42)37-27(44-24)38-7-8-39(21(14-38)15-41)26(43)17-2-3-17/h1,4-6,9-12,17,21,41H,2-3,7-8,13-15H2. The monoisotopic (exact) mass is 637 g/mol. The second kappa shape index (κ2) is 11.3. The molecule has 1 saturated carbocycles. The second-order valence-corrected chi connectivity index (χ2v) is 11.9. The number of aliphatic hydroxyl groups is 1. The molecule has 8 nitrogen and oxygen atoms in total. The molecule has 3 heterocycles. The largest absolute Gasteiger partial charge is 0.416 e. The Morgan fingerprint density at radius 1 is 1.05 bits per heavy atom. The molecule has 3 aromatic rings. The van der Waals surface area contributed by atoms with E-state index in [-0.39, 0.29) is 30.1 Å². The van der Waals surface area contributed by atoms with Crippen LogP contribution in [0.3, 0.4) is 0 Å². The molecule has 1 aliphatic carbocycles. The number of nitrogens with zero attached hydrogens (tertiary/aromatic N) is 5. The Bertz CT molecular complexity index is 1690. The van der Waals surface area contributed by atoms with Crippen molar-refractivity contribution in [3.63, 3.8) is 0 Å². The smallest absolute Gasteiger partial charge is 0.394 e. The molecule has 1 saturated heterocycles. The lowest BCUT2D eigenvalue weighted by molar-refractivity contribution is -0.143. The Morgan fingerprint density at radius 2 is 1.82 bits per heavy atom. The molecule has 1 atom stereocenters. The summed E-state index contributed by atoms with van der Waals surface area (Å²) in [7, 11) is 0. The number of fused-ring (bicyclic) bond motifs is 1. The minimum atomic E-state index is -4.99. The van der Waals surface area contributed by atoms with Crippen LogP contribution in [0, 0.1) is 5.92 Å². The third kappa shape index (κ3) is 6.07. The molecular formula is C29H25F6N5O3S. The average Bonchev–Trinajstić information content (AvgIpc) is 3.66. The van der Waals surface area contributed by atoms with E-state index in [2.05, 4.69) is 10.1 Å². The lowest BCUT2D eigenvalue weighted by Crippen LogP contribution is -2.57. The summed E-state index contributed by atoms with van der Waals surface area (Å²) in [4.78, 5) is 33.4. The van der Waals surface area contributed by atoms with Gasteiger partial charge in [0, 0.05) is 30.9 Å². The maximum atomic E-state index is 13.6. The van der Waals surface area contributed by atoms with Crippen molar-refractivity contribution in [3.8, 4) is 0 Å². The number of aromatic nitrogens is 2. The van der Waals surface area contributed by atoms with E-state index in [1.54, 1.807) is 29.2 Å². The highest BCUT2D eigenvalue weighted by Crippen LogP contribution is 2.38. The van der Waals surface area contributed by atoms with Gasteiger partial charge in [0.05, 0.1) is 46.9 Å². The van der Waals surface area contributed by atoms with Gasteiger partial charge in [0.2, 0.25) is 5.91 Å². The van der Waals surface area contributed by atoms with Crippen molar-refractivity contribution in [1.29, 1.82) is 0 Å². The number of hydrogen-bond donors (Lipinski definition) is 1. The SMILES string of the molecule is O=C1N=C(N2CCN(C(=O)C3CC3)C(CO)C2)SC1=Cc1ccc2c(cnn2Cc2ccc(C(F)(F)F)cc2C(F)(F)F)c1. The van der Waals surface area contributed by atoms with E-state index in [1.165, 1.54) is 22.6 Å². The lowest BCUT2D eigenvalue weighted by Gasteiger charge is -2.41. The molecule has 232 valence electrons. The highest BCUT2D eigenvalue weighted by molar-refractivity contribution is 8.18. The van der Waals surface area contributed by atoms with Crippen LogP contribution in [0.2, 0.25) is 0 Å². The van der Waals surface area contributed by atoms with Crippen molar-refractivity contribution in [2.45, 2.75) is 37.8 Å². The summed E-state index contributed by atoms with van der Waals surface area (Å²) < 4.78 is 81.3. The summed E-state index contributed by atoms with van der Waals surface area (Å²) in [5.74, 6) is -0.350. The third-order valence-corrected chi connectivity index (χ3v) is 8.85. The average molecular weight is 638 g/mol. The number of rotatable bonds is 5. The Balaban J connectivity index is 1.17. The van der Waals surface area contributed by atoms with Crippen LogP contribution in [-0.4, -0.2) is 74.0 Å². The number of halogens is 6. The number of amidine groups is 1.